The Hall–Kier alpha value is -1.20. The third kappa shape index (κ3) is 2.73. The van der Waals surface area contributed by atoms with Crippen LogP contribution in [0.15, 0.2) is 39.6 Å². The van der Waals surface area contributed by atoms with Gasteiger partial charge >= 0.3 is 0 Å². The molecule has 0 spiro atoms. The van der Waals surface area contributed by atoms with Crippen molar-refractivity contribution < 1.29 is 13.2 Å². The summed E-state index contributed by atoms with van der Waals surface area (Å²) in [5, 5.41) is 0. The molecule has 1 aromatic heterocycles. The highest BCUT2D eigenvalue weighted by Gasteiger charge is 2.15. The van der Waals surface area contributed by atoms with Crippen LogP contribution in [-0.4, -0.2) is 0 Å². The van der Waals surface area contributed by atoms with Crippen molar-refractivity contribution >= 4 is 15.9 Å². The van der Waals surface area contributed by atoms with E-state index in [9.17, 15) is 8.78 Å². The Bertz CT molecular complexity index is 527. The van der Waals surface area contributed by atoms with Gasteiger partial charge in [0.25, 0.3) is 0 Å². The molecule has 0 saturated heterocycles. The van der Waals surface area contributed by atoms with E-state index < -0.39 is 17.7 Å². The van der Waals surface area contributed by atoms with Gasteiger partial charge < -0.3 is 10.2 Å². The fourth-order valence-electron chi connectivity index (χ4n) is 1.60. The Morgan fingerprint density at radius 3 is 2.65 bits per heavy atom. The van der Waals surface area contributed by atoms with Crippen molar-refractivity contribution in [3.05, 3.63) is 58.0 Å². The van der Waals surface area contributed by atoms with Crippen LogP contribution in [0.2, 0.25) is 0 Å². The molecule has 90 valence electrons. The van der Waals surface area contributed by atoms with Crippen LogP contribution in [-0.2, 0) is 6.42 Å². The van der Waals surface area contributed by atoms with E-state index in [-0.39, 0.29) is 6.42 Å². The molecule has 2 N–H and O–H groups in total. The van der Waals surface area contributed by atoms with Crippen LogP contribution < -0.4 is 5.73 Å². The maximum atomic E-state index is 13.4. The van der Waals surface area contributed by atoms with Gasteiger partial charge in [-0.25, -0.2) is 8.78 Å². The van der Waals surface area contributed by atoms with Crippen molar-refractivity contribution in [3.63, 3.8) is 0 Å². The van der Waals surface area contributed by atoms with E-state index in [0.29, 0.717) is 10.2 Å². The summed E-state index contributed by atoms with van der Waals surface area (Å²) in [7, 11) is 0. The van der Waals surface area contributed by atoms with Crippen LogP contribution in [0.5, 0.6) is 0 Å². The van der Waals surface area contributed by atoms with Crippen LogP contribution in [0.3, 0.4) is 0 Å². The second-order valence-corrected chi connectivity index (χ2v) is 4.42. The first-order valence-corrected chi connectivity index (χ1v) is 5.79. The predicted octanol–water partition coefficient (Wildman–Crippen LogP) is 3.56. The van der Waals surface area contributed by atoms with Gasteiger partial charge in [-0.1, -0.05) is 6.07 Å². The Morgan fingerprint density at radius 1 is 1.29 bits per heavy atom. The van der Waals surface area contributed by atoms with Crippen molar-refractivity contribution in [3.8, 4) is 0 Å². The third-order valence-corrected chi connectivity index (χ3v) is 3.15. The van der Waals surface area contributed by atoms with Crippen molar-refractivity contribution in [2.45, 2.75) is 12.5 Å². The molecule has 1 heterocycles. The Morgan fingerprint density at radius 2 is 2.06 bits per heavy atom. The number of hydrogen-bond donors (Lipinski definition) is 1. The van der Waals surface area contributed by atoms with Gasteiger partial charge in [-0.2, -0.15) is 0 Å². The number of benzene rings is 1. The van der Waals surface area contributed by atoms with Crippen molar-refractivity contribution in [2.75, 3.05) is 0 Å². The summed E-state index contributed by atoms with van der Waals surface area (Å²) in [6.07, 6.45) is 1.78. The van der Waals surface area contributed by atoms with Gasteiger partial charge in [0.15, 0.2) is 4.67 Å². The van der Waals surface area contributed by atoms with E-state index in [0.717, 1.165) is 11.6 Å². The second kappa shape index (κ2) is 4.98. The zero-order valence-electron chi connectivity index (χ0n) is 8.79. The largest absolute Gasteiger partial charge is 0.457 e. The molecule has 17 heavy (non-hydrogen) atoms. The molecule has 2 aromatic rings. The lowest BCUT2D eigenvalue weighted by Gasteiger charge is -2.11. The summed E-state index contributed by atoms with van der Waals surface area (Å²) in [5.74, 6) is -1.18. The predicted molar refractivity (Wildman–Crippen MR) is 63.4 cm³/mol. The molecule has 0 bridgehead atoms. The minimum absolute atomic E-state index is 0.282. The lowest BCUT2D eigenvalue weighted by Crippen LogP contribution is -2.14. The maximum absolute atomic E-state index is 13.4. The van der Waals surface area contributed by atoms with Gasteiger partial charge in [0.2, 0.25) is 0 Å². The minimum Gasteiger partial charge on any atom is -0.457 e. The van der Waals surface area contributed by atoms with Gasteiger partial charge in [0, 0.05) is 17.7 Å². The monoisotopic (exact) mass is 301 g/mol. The molecule has 5 heteroatoms. The summed E-state index contributed by atoms with van der Waals surface area (Å²) in [5.41, 5.74) is 7.07. The molecule has 2 nitrogen and oxygen atoms in total. The first-order valence-electron chi connectivity index (χ1n) is 5.00. The third-order valence-electron chi connectivity index (χ3n) is 2.50. The van der Waals surface area contributed by atoms with Crippen molar-refractivity contribution in [1.82, 2.24) is 0 Å². The van der Waals surface area contributed by atoms with Crippen LogP contribution >= 0.6 is 15.9 Å². The minimum atomic E-state index is -0.593. The zero-order chi connectivity index (χ0) is 12.4. The number of rotatable bonds is 3. The van der Waals surface area contributed by atoms with Gasteiger partial charge in [-0.05, 0) is 40.0 Å². The Balaban J connectivity index is 2.19. The van der Waals surface area contributed by atoms with Gasteiger partial charge in [0.1, 0.15) is 11.6 Å². The smallest absolute Gasteiger partial charge is 0.173 e. The normalized spacial score (nSPS) is 12.7. The quantitative estimate of drug-likeness (QED) is 0.941. The van der Waals surface area contributed by atoms with E-state index in [1.54, 1.807) is 6.07 Å². The molecule has 0 radical (unpaired) electrons. The van der Waals surface area contributed by atoms with E-state index in [1.807, 2.05) is 0 Å². The maximum Gasteiger partial charge on any atom is 0.173 e. The summed E-state index contributed by atoms with van der Waals surface area (Å²) >= 11 is 3.21. The summed E-state index contributed by atoms with van der Waals surface area (Å²) in [4.78, 5) is 0. The standard InChI is InChI=1S/C12H10BrF2NO/c13-12-9(3-4-17-12)11(16)5-7-1-2-8(14)6-10(7)15/h1-4,6,11H,5,16H2. The average molecular weight is 302 g/mol. The Labute approximate surface area is 106 Å². The number of furan rings is 1. The number of halogens is 3. The van der Waals surface area contributed by atoms with Gasteiger partial charge in [-0.3, -0.25) is 0 Å². The first kappa shape index (κ1) is 12.3. The molecule has 0 aliphatic carbocycles. The zero-order valence-corrected chi connectivity index (χ0v) is 10.4. The molecule has 0 fully saturated rings. The van der Waals surface area contributed by atoms with E-state index in [4.69, 9.17) is 10.2 Å². The van der Waals surface area contributed by atoms with Crippen molar-refractivity contribution in [2.24, 2.45) is 5.73 Å². The van der Waals surface area contributed by atoms with Crippen LogP contribution in [0.4, 0.5) is 8.78 Å². The van der Waals surface area contributed by atoms with Crippen LogP contribution in [0, 0.1) is 11.6 Å². The molecule has 1 atom stereocenters. The van der Waals surface area contributed by atoms with Crippen LogP contribution in [0.1, 0.15) is 17.2 Å². The second-order valence-electron chi connectivity index (χ2n) is 3.70. The summed E-state index contributed by atoms with van der Waals surface area (Å²) in [6, 6.07) is 4.79. The molecule has 0 aliphatic rings. The van der Waals surface area contributed by atoms with Crippen molar-refractivity contribution in [1.29, 1.82) is 0 Å². The van der Waals surface area contributed by atoms with E-state index in [1.165, 1.54) is 18.4 Å². The highest BCUT2D eigenvalue weighted by atomic mass is 79.9. The SMILES string of the molecule is NC(Cc1ccc(F)cc1F)c1ccoc1Br. The molecule has 2 rings (SSSR count). The Kier molecular flexibility index (Phi) is 3.59. The van der Waals surface area contributed by atoms with Gasteiger partial charge in [-0.15, -0.1) is 0 Å². The number of hydrogen-bond acceptors (Lipinski definition) is 2. The highest BCUT2D eigenvalue weighted by Crippen LogP contribution is 2.26. The fourth-order valence-corrected chi connectivity index (χ4v) is 2.14. The summed E-state index contributed by atoms with van der Waals surface area (Å²) in [6.45, 7) is 0. The lowest BCUT2D eigenvalue weighted by molar-refractivity contribution is 0.527. The van der Waals surface area contributed by atoms with E-state index in [2.05, 4.69) is 15.9 Å². The molecule has 0 amide bonds. The topological polar surface area (TPSA) is 39.2 Å². The summed E-state index contributed by atoms with van der Waals surface area (Å²) < 4.78 is 31.7. The first-order chi connectivity index (χ1) is 8.08. The molecule has 0 saturated carbocycles. The lowest BCUT2D eigenvalue weighted by atomic mass is 10.0. The van der Waals surface area contributed by atoms with Crippen LogP contribution in [0.25, 0.3) is 0 Å². The molecule has 1 unspecified atom stereocenters. The highest BCUT2D eigenvalue weighted by molar-refractivity contribution is 9.10. The van der Waals surface area contributed by atoms with E-state index >= 15 is 0 Å². The molecular weight excluding hydrogens is 292 g/mol. The average Bonchev–Trinajstić information content (AvgIpc) is 2.68. The molecular formula is C12H10BrF2NO. The molecule has 1 aromatic carbocycles. The van der Waals surface area contributed by atoms with Gasteiger partial charge in [0.05, 0.1) is 6.26 Å². The fraction of sp³-hybridized carbons (Fsp3) is 0.167. The molecule has 0 aliphatic heterocycles. The number of nitrogens with two attached hydrogens (primary N) is 1.